The number of hydrogen-bond donors (Lipinski definition) is 0. The molecule has 0 aliphatic carbocycles. The standard InChI is InChI=1S/C16H26N2O4S/c1-17(2)23(19,20)16-6-4-15(5-7-16)22-13-12-18-10-8-14(21-3)9-11-18/h4-7,14H,8-13H2,1-3H3. The summed E-state index contributed by atoms with van der Waals surface area (Å²) in [7, 11) is 1.43. The maximum Gasteiger partial charge on any atom is 0.242 e. The van der Waals surface area contributed by atoms with Crippen molar-refractivity contribution in [1.29, 1.82) is 0 Å². The van der Waals surface area contributed by atoms with E-state index in [0.29, 0.717) is 18.5 Å². The van der Waals surface area contributed by atoms with Crippen LogP contribution in [0.5, 0.6) is 5.75 Å². The monoisotopic (exact) mass is 342 g/mol. The van der Waals surface area contributed by atoms with E-state index < -0.39 is 10.0 Å². The molecule has 0 spiro atoms. The summed E-state index contributed by atoms with van der Waals surface area (Å²) in [6, 6.07) is 6.56. The smallest absolute Gasteiger partial charge is 0.242 e. The predicted octanol–water partition coefficient (Wildman–Crippen LogP) is 1.43. The molecule has 1 fully saturated rings. The quantitative estimate of drug-likeness (QED) is 0.750. The van der Waals surface area contributed by atoms with Crippen LogP contribution in [-0.4, -0.2) is 71.2 Å². The third kappa shape index (κ3) is 4.91. The van der Waals surface area contributed by atoms with Crippen LogP contribution in [-0.2, 0) is 14.8 Å². The van der Waals surface area contributed by atoms with Crippen LogP contribution < -0.4 is 4.74 Å². The molecule has 0 aromatic heterocycles. The summed E-state index contributed by atoms with van der Waals surface area (Å²) in [6.45, 7) is 3.52. The minimum atomic E-state index is -3.38. The molecule has 1 aromatic carbocycles. The topological polar surface area (TPSA) is 59.1 Å². The summed E-state index contributed by atoms with van der Waals surface area (Å²) in [6.07, 6.45) is 2.51. The Morgan fingerprint density at radius 2 is 1.78 bits per heavy atom. The summed E-state index contributed by atoms with van der Waals surface area (Å²) >= 11 is 0. The molecule has 0 bridgehead atoms. The highest BCUT2D eigenvalue weighted by Gasteiger charge is 2.19. The number of methoxy groups -OCH3 is 1. The van der Waals surface area contributed by atoms with Gasteiger partial charge in [0.05, 0.1) is 11.0 Å². The van der Waals surface area contributed by atoms with Gasteiger partial charge in [0.1, 0.15) is 12.4 Å². The van der Waals surface area contributed by atoms with Crippen molar-refractivity contribution in [3.8, 4) is 5.75 Å². The zero-order valence-corrected chi connectivity index (χ0v) is 14.9. The second kappa shape index (κ2) is 8.10. The number of likely N-dealkylation sites (tertiary alicyclic amines) is 1. The minimum Gasteiger partial charge on any atom is -0.492 e. The lowest BCUT2D eigenvalue weighted by Gasteiger charge is -2.30. The first-order chi connectivity index (χ1) is 10.9. The normalized spacial score (nSPS) is 17.6. The summed E-state index contributed by atoms with van der Waals surface area (Å²) in [5.41, 5.74) is 0. The van der Waals surface area contributed by atoms with E-state index in [2.05, 4.69) is 4.90 Å². The largest absolute Gasteiger partial charge is 0.492 e. The summed E-state index contributed by atoms with van der Waals surface area (Å²) in [5.74, 6) is 0.689. The molecule has 6 nitrogen and oxygen atoms in total. The van der Waals surface area contributed by atoms with Gasteiger partial charge in [-0.1, -0.05) is 0 Å². The Balaban J connectivity index is 1.79. The molecule has 130 valence electrons. The highest BCUT2D eigenvalue weighted by molar-refractivity contribution is 7.89. The lowest BCUT2D eigenvalue weighted by atomic mass is 10.1. The third-order valence-electron chi connectivity index (χ3n) is 4.15. The zero-order chi connectivity index (χ0) is 16.9. The van der Waals surface area contributed by atoms with Gasteiger partial charge in [-0.3, -0.25) is 4.90 Å². The first-order valence-electron chi connectivity index (χ1n) is 7.84. The maximum absolute atomic E-state index is 12.0. The van der Waals surface area contributed by atoms with Gasteiger partial charge in [0.2, 0.25) is 10.0 Å². The molecule has 23 heavy (non-hydrogen) atoms. The molecule has 0 atom stereocenters. The van der Waals surface area contributed by atoms with Gasteiger partial charge >= 0.3 is 0 Å². The number of piperidine rings is 1. The van der Waals surface area contributed by atoms with E-state index in [4.69, 9.17) is 9.47 Å². The molecule has 0 saturated carbocycles. The van der Waals surface area contributed by atoms with Crippen LogP contribution in [0.15, 0.2) is 29.2 Å². The van der Waals surface area contributed by atoms with E-state index in [9.17, 15) is 8.42 Å². The van der Waals surface area contributed by atoms with Gasteiger partial charge in [0, 0.05) is 40.8 Å². The van der Waals surface area contributed by atoms with Crippen molar-refractivity contribution in [2.45, 2.75) is 23.8 Å². The van der Waals surface area contributed by atoms with Crippen molar-refractivity contribution in [1.82, 2.24) is 9.21 Å². The van der Waals surface area contributed by atoms with Crippen LogP contribution in [0.3, 0.4) is 0 Å². The van der Waals surface area contributed by atoms with Gasteiger partial charge in [0.25, 0.3) is 0 Å². The van der Waals surface area contributed by atoms with Crippen LogP contribution in [0.4, 0.5) is 0 Å². The maximum atomic E-state index is 12.0. The Bertz CT molecular complexity index is 579. The molecule has 1 heterocycles. The molecule has 0 unspecified atom stereocenters. The first kappa shape index (κ1) is 18.2. The van der Waals surface area contributed by atoms with Gasteiger partial charge in [-0.15, -0.1) is 0 Å². The van der Waals surface area contributed by atoms with E-state index in [1.807, 2.05) is 0 Å². The molecule has 7 heteroatoms. The Kier molecular flexibility index (Phi) is 6.41. The van der Waals surface area contributed by atoms with Gasteiger partial charge in [-0.2, -0.15) is 0 Å². The highest BCUT2D eigenvalue weighted by atomic mass is 32.2. The summed E-state index contributed by atoms with van der Waals surface area (Å²) in [4.78, 5) is 2.64. The van der Waals surface area contributed by atoms with E-state index >= 15 is 0 Å². The lowest BCUT2D eigenvalue weighted by Crippen LogP contribution is -2.38. The average Bonchev–Trinajstić information content (AvgIpc) is 2.56. The van der Waals surface area contributed by atoms with Crippen molar-refractivity contribution in [2.24, 2.45) is 0 Å². The number of sulfonamides is 1. The van der Waals surface area contributed by atoms with Crippen LogP contribution in [0.25, 0.3) is 0 Å². The zero-order valence-electron chi connectivity index (χ0n) is 14.1. The van der Waals surface area contributed by atoms with Crippen molar-refractivity contribution in [2.75, 3.05) is 47.4 Å². The second-order valence-corrected chi connectivity index (χ2v) is 8.04. The molecule has 0 radical (unpaired) electrons. The van der Waals surface area contributed by atoms with Crippen LogP contribution >= 0.6 is 0 Å². The number of nitrogens with zero attached hydrogens (tertiary/aromatic N) is 2. The van der Waals surface area contributed by atoms with Crippen molar-refractivity contribution >= 4 is 10.0 Å². The number of rotatable bonds is 7. The van der Waals surface area contributed by atoms with E-state index in [1.165, 1.54) is 18.4 Å². The fourth-order valence-electron chi connectivity index (χ4n) is 2.58. The molecular formula is C16H26N2O4S. The Morgan fingerprint density at radius 1 is 1.17 bits per heavy atom. The average molecular weight is 342 g/mol. The first-order valence-corrected chi connectivity index (χ1v) is 9.28. The van der Waals surface area contributed by atoms with E-state index in [0.717, 1.165) is 32.5 Å². The van der Waals surface area contributed by atoms with Gasteiger partial charge in [-0.05, 0) is 37.1 Å². The van der Waals surface area contributed by atoms with Crippen molar-refractivity contribution in [3.05, 3.63) is 24.3 Å². The molecular weight excluding hydrogens is 316 g/mol. The Morgan fingerprint density at radius 3 is 2.30 bits per heavy atom. The van der Waals surface area contributed by atoms with E-state index in [-0.39, 0.29) is 4.90 Å². The summed E-state index contributed by atoms with van der Waals surface area (Å²) in [5, 5.41) is 0. The SMILES string of the molecule is COC1CCN(CCOc2ccc(S(=O)(=O)N(C)C)cc2)CC1. The van der Waals surface area contributed by atoms with Crippen molar-refractivity contribution in [3.63, 3.8) is 0 Å². The lowest BCUT2D eigenvalue weighted by molar-refractivity contribution is 0.0375. The Hall–Kier alpha value is -1.15. The van der Waals surface area contributed by atoms with Crippen LogP contribution in [0.2, 0.25) is 0 Å². The Labute approximate surface area is 139 Å². The summed E-state index contributed by atoms with van der Waals surface area (Å²) < 4.78 is 36.2. The van der Waals surface area contributed by atoms with Crippen molar-refractivity contribution < 1.29 is 17.9 Å². The number of benzene rings is 1. The predicted molar refractivity (Wildman–Crippen MR) is 89.3 cm³/mol. The van der Waals surface area contributed by atoms with Gasteiger partial charge < -0.3 is 9.47 Å². The highest BCUT2D eigenvalue weighted by Crippen LogP contribution is 2.18. The minimum absolute atomic E-state index is 0.275. The molecule has 0 N–H and O–H groups in total. The number of hydrogen-bond acceptors (Lipinski definition) is 5. The van der Waals surface area contributed by atoms with Crippen LogP contribution in [0, 0.1) is 0 Å². The molecule has 0 amide bonds. The molecule has 1 aromatic rings. The third-order valence-corrected chi connectivity index (χ3v) is 5.98. The fourth-order valence-corrected chi connectivity index (χ4v) is 3.48. The molecule has 2 rings (SSSR count). The number of ether oxygens (including phenoxy) is 2. The molecule has 1 aliphatic rings. The van der Waals surface area contributed by atoms with E-state index in [1.54, 1.807) is 31.4 Å². The van der Waals surface area contributed by atoms with Crippen LogP contribution in [0.1, 0.15) is 12.8 Å². The van der Waals surface area contributed by atoms with Gasteiger partial charge in [-0.25, -0.2) is 12.7 Å². The molecule has 1 saturated heterocycles. The fraction of sp³-hybridized carbons (Fsp3) is 0.625. The molecule has 1 aliphatic heterocycles. The van der Waals surface area contributed by atoms with Gasteiger partial charge in [0.15, 0.2) is 0 Å². The second-order valence-electron chi connectivity index (χ2n) is 5.88.